The summed E-state index contributed by atoms with van der Waals surface area (Å²) in [5, 5.41) is 3.25. The van der Waals surface area contributed by atoms with Crippen LogP contribution >= 0.6 is 27.3 Å². The molecule has 0 bridgehead atoms. The first-order chi connectivity index (χ1) is 8.17. The van der Waals surface area contributed by atoms with E-state index in [1.165, 1.54) is 12.0 Å². The van der Waals surface area contributed by atoms with Gasteiger partial charge in [0.25, 0.3) is 0 Å². The van der Waals surface area contributed by atoms with Gasteiger partial charge in [-0.15, -0.1) is 11.3 Å². The largest absolute Gasteiger partial charge is 0.468 e. The summed E-state index contributed by atoms with van der Waals surface area (Å²) in [6.07, 6.45) is 2.94. The second kappa shape index (κ2) is 7.84. The highest BCUT2D eigenvalue weighted by Crippen LogP contribution is 2.22. The van der Waals surface area contributed by atoms with Gasteiger partial charge in [0.1, 0.15) is 6.04 Å². The highest BCUT2D eigenvalue weighted by atomic mass is 79.9. The first-order valence-corrected chi connectivity index (χ1v) is 7.33. The van der Waals surface area contributed by atoms with Gasteiger partial charge in [0.15, 0.2) is 0 Å². The molecule has 1 aromatic heterocycles. The van der Waals surface area contributed by atoms with E-state index in [-0.39, 0.29) is 12.0 Å². The van der Waals surface area contributed by atoms with Crippen molar-refractivity contribution < 1.29 is 9.53 Å². The minimum atomic E-state index is -0.194. The third-order valence-electron chi connectivity index (χ3n) is 2.48. The Morgan fingerprint density at radius 1 is 1.59 bits per heavy atom. The smallest absolute Gasteiger partial charge is 0.322 e. The molecule has 1 aromatic rings. The first-order valence-electron chi connectivity index (χ1n) is 5.72. The molecule has 0 aliphatic carbocycles. The zero-order valence-corrected chi connectivity index (χ0v) is 12.6. The van der Waals surface area contributed by atoms with Crippen molar-refractivity contribution in [3.8, 4) is 0 Å². The highest BCUT2D eigenvalue weighted by Gasteiger charge is 2.17. The number of ether oxygens (including phenoxy) is 1. The lowest BCUT2D eigenvalue weighted by Crippen LogP contribution is -2.36. The van der Waals surface area contributed by atoms with Gasteiger partial charge in [-0.25, -0.2) is 0 Å². The van der Waals surface area contributed by atoms with Gasteiger partial charge in [0.2, 0.25) is 0 Å². The van der Waals surface area contributed by atoms with E-state index >= 15 is 0 Å². The molecule has 1 heterocycles. The normalized spacial score (nSPS) is 12.4. The van der Waals surface area contributed by atoms with Crippen LogP contribution < -0.4 is 5.32 Å². The molecule has 1 unspecified atom stereocenters. The van der Waals surface area contributed by atoms with Crippen molar-refractivity contribution in [3.63, 3.8) is 0 Å². The number of esters is 1. The number of thiophene rings is 1. The number of hydrogen-bond acceptors (Lipinski definition) is 4. The predicted octanol–water partition coefficient (Wildman–Crippen LogP) is 3.33. The van der Waals surface area contributed by atoms with Crippen molar-refractivity contribution in [1.82, 2.24) is 5.32 Å². The number of methoxy groups -OCH3 is 1. The number of halogens is 1. The fraction of sp³-hybridized carbons (Fsp3) is 0.583. The molecular weight excluding hydrogens is 302 g/mol. The van der Waals surface area contributed by atoms with E-state index in [1.54, 1.807) is 11.3 Å². The van der Waals surface area contributed by atoms with Crippen molar-refractivity contribution in [2.45, 2.75) is 38.8 Å². The van der Waals surface area contributed by atoms with Gasteiger partial charge in [-0.05, 0) is 34.5 Å². The first kappa shape index (κ1) is 14.7. The van der Waals surface area contributed by atoms with Gasteiger partial charge < -0.3 is 4.74 Å². The van der Waals surface area contributed by atoms with E-state index in [4.69, 9.17) is 4.74 Å². The van der Waals surface area contributed by atoms with Crippen LogP contribution in [0.25, 0.3) is 0 Å². The summed E-state index contributed by atoms with van der Waals surface area (Å²) in [5.74, 6) is -0.172. The zero-order chi connectivity index (χ0) is 12.7. The lowest BCUT2D eigenvalue weighted by atomic mass is 10.1. The second-order valence-corrected chi connectivity index (χ2v) is 6.35. The summed E-state index contributed by atoms with van der Waals surface area (Å²) < 4.78 is 5.90. The molecule has 1 atom stereocenters. The molecule has 0 aliphatic heterocycles. The van der Waals surface area contributed by atoms with Crippen LogP contribution in [-0.2, 0) is 16.1 Å². The van der Waals surface area contributed by atoms with Crippen molar-refractivity contribution in [2.24, 2.45) is 0 Å². The summed E-state index contributed by atoms with van der Waals surface area (Å²) in [6, 6.07) is 3.87. The van der Waals surface area contributed by atoms with Crippen LogP contribution in [0, 0.1) is 0 Å². The van der Waals surface area contributed by atoms with Gasteiger partial charge in [0, 0.05) is 11.4 Å². The van der Waals surface area contributed by atoms with Crippen LogP contribution in [0.2, 0.25) is 0 Å². The third-order valence-corrected chi connectivity index (χ3v) is 4.11. The summed E-state index contributed by atoms with van der Waals surface area (Å²) in [7, 11) is 1.44. The summed E-state index contributed by atoms with van der Waals surface area (Å²) in [4.78, 5) is 12.8. The molecular formula is C12H18BrNO2S. The fourth-order valence-electron chi connectivity index (χ4n) is 1.52. The Kier molecular flexibility index (Phi) is 6.77. The molecule has 0 fully saturated rings. The van der Waals surface area contributed by atoms with Crippen LogP contribution in [0.3, 0.4) is 0 Å². The number of nitrogens with one attached hydrogen (secondary N) is 1. The summed E-state index contributed by atoms with van der Waals surface area (Å²) in [5.41, 5.74) is 0. The molecule has 96 valence electrons. The Bertz CT molecular complexity index is 354. The van der Waals surface area contributed by atoms with Crippen LogP contribution in [-0.4, -0.2) is 19.1 Å². The molecule has 0 aromatic carbocycles. The molecule has 3 nitrogen and oxygen atoms in total. The van der Waals surface area contributed by atoms with E-state index in [0.29, 0.717) is 6.54 Å². The Labute approximate surface area is 115 Å². The topological polar surface area (TPSA) is 38.3 Å². The average molecular weight is 320 g/mol. The van der Waals surface area contributed by atoms with Gasteiger partial charge in [-0.2, -0.15) is 0 Å². The van der Waals surface area contributed by atoms with Crippen LogP contribution in [0.5, 0.6) is 0 Å². The molecule has 0 radical (unpaired) electrons. The zero-order valence-electron chi connectivity index (χ0n) is 10.2. The quantitative estimate of drug-likeness (QED) is 0.783. The molecule has 1 rings (SSSR count). The maximum absolute atomic E-state index is 11.6. The van der Waals surface area contributed by atoms with E-state index in [9.17, 15) is 4.79 Å². The van der Waals surface area contributed by atoms with Gasteiger partial charge in [-0.3, -0.25) is 10.1 Å². The SMILES string of the molecule is CCCCC(NCc1ccc(Br)s1)C(=O)OC. The molecule has 0 saturated heterocycles. The third kappa shape index (κ3) is 5.19. The molecule has 1 N–H and O–H groups in total. The van der Waals surface area contributed by atoms with E-state index in [1.807, 2.05) is 6.07 Å². The molecule has 0 spiro atoms. The Morgan fingerprint density at radius 3 is 2.88 bits per heavy atom. The average Bonchev–Trinajstić information content (AvgIpc) is 2.74. The maximum Gasteiger partial charge on any atom is 0.322 e. The Morgan fingerprint density at radius 2 is 2.35 bits per heavy atom. The highest BCUT2D eigenvalue weighted by molar-refractivity contribution is 9.11. The molecule has 0 saturated carbocycles. The van der Waals surface area contributed by atoms with E-state index < -0.39 is 0 Å². The number of rotatable bonds is 7. The molecule has 5 heteroatoms. The van der Waals surface area contributed by atoms with Crippen molar-refractivity contribution in [1.29, 1.82) is 0 Å². The van der Waals surface area contributed by atoms with E-state index in [2.05, 4.69) is 34.2 Å². The second-order valence-electron chi connectivity index (χ2n) is 3.80. The van der Waals surface area contributed by atoms with Gasteiger partial charge >= 0.3 is 5.97 Å². The number of carbonyl (C=O) groups is 1. The molecule has 17 heavy (non-hydrogen) atoms. The Balaban J connectivity index is 2.45. The monoisotopic (exact) mass is 319 g/mol. The van der Waals surface area contributed by atoms with Crippen LogP contribution in [0.15, 0.2) is 15.9 Å². The Hall–Kier alpha value is -0.390. The number of unbranched alkanes of at least 4 members (excludes halogenated alkanes) is 1. The predicted molar refractivity (Wildman–Crippen MR) is 74.2 cm³/mol. The standard InChI is InChI=1S/C12H18BrNO2S/c1-3-4-5-10(12(15)16-2)14-8-9-6-7-11(13)17-9/h6-7,10,14H,3-5,8H2,1-2H3. The lowest BCUT2D eigenvalue weighted by Gasteiger charge is -2.15. The van der Waals surface area contributed by atoms with Crippen LogP contribution in [0.1, 0.15) is 31.1 Å². The number of hydrogen-bond donors (Lipinski definition) is 1. The summed E-state index contributed by atoms with van der Waals surface area (Å²) >= 11 is 5.10. The fourth-order valence-corrected chi connectivity index (χ4v) is 2.96. The van der Waals surface area contributed by atoms with Crippen LogP contribution in [0.4, 0.5) is 0 Å². The van der Waals surface area contributed by atoms with E-state index in [0.717, 1.165) is 23.0 Å². The minimum Gasteiger partial charge on any atom is -0.468 e. The van der Waals surface area contributed by atoms with Crippen molar-refractivity contribution >= 4 is 33.2 Å². The van der Waals surface area contributed by atoms with Crippen molar-refractivity contribution in [3.05, 3.63) is 20.8 Å². The molecule has 0 aliphatic rings. The summed E-state index contributed by atoms with van der Waals surface area (Å²) in [6.45, 7) is 2.82. The maximum atomic E-state index is 11.6. The van der Waals surface area contributed by atoms with Gasteiger partial charge in [-0.1, -0.05) is 19.8 Å². The van der Waals surface area contributed by atoms with Crippen molar-refractivity contribution in [2.75, 3.05) is 7.11 Å². The van der Waals surface area contributed by atoms with Gasteiger partial charge in [0.05, 0.1) is 10.9 Å². The number of carbonyl (C=O) groups excluding carboxylic acids is 1. The minimum absolute atomic E-state index is 0.172. The molecule has 0 amide bonds. The lowest BCUT2D eigenvalue weighted by molar-refractivity contribution is -0.143.